The zero-order valence-corrected chi connectivity index (χ0v) is 15.8. The van der Waals surface area contributed by atoms with Crippen molar-refractivity contribution in [3.05, 3.63) is 63.7 Å². The highest BCUT2D eigenvalue weighted by Gasteiger charge is 2.15. The molecule has 0 spiro atoms. The van der Waals surface area contributed by atoms with E-state index >= 15 is 0 Å². The first-order chi connectivity index (χ1) is 11.9. The molecule has 2 aromatic rings. The van der Waals surface area contributed by atoms with Crippen LogP contribution in [-0.2, 0) is 11.3 Å². The number of carbonyl (C=O) groups excluding carboxylic acids is 1. The summed E-state index contributed by atoms with van der Waals surface area (Å²) in [6.07, 6.45) is 1.72. The number of rotatable bonds is 6. The molecule has 25 heavy (non-hydrogen) atoms. The van der Waals surface area contributed by atoms with Crippen LogP contribution < -0.4 is 0 Å². The summed E-state index contributed by atoms with van der Waals surface area (Å²) in [4.78, 5) is 18.7. The molecular weight excluding hydrogens is 336 g/mol. The van der Waals surface area contributed by atoms with E-state index in [2.05, 4.69) is 4.99 Å². The van der Waals surface area contributed by atoms with Gasteiger partial charge < -0.3 is 9.64 Å². The Balaban J connectivity index is 2.10. The minimum Gasteiger partial charge on any atom is -0.457 e. The van der Waals surface area contributed by atoms with Gasteiger partial charge in [0.25, 0.3) is 0 Å². The van der Waals surface area contributed by atoms with Gasteiger partial charge in [0.05, 0.1) is 22.6 Å². The van der Waals surface area contributed by atoms with Gasteiger partial charge in [0.1, 0.15) is 6.61 Å². The molecule has 0 aromatic heterocycles. The number of carbonyl (C=O) groups is 1. The Bertz CT molecular complexity index is 770. The fourth-order valence-electron chi connectivity index (χ4n) is 2.14. The number of esters is 1. The Labute approximate surface area is 154 Å². The third kappa shape index (κ3) is 5.07. The molecule has 0 radical (unpaired) electrons. The molecule has 0 N–H and O–H groups in total. The second kappa shape index (κ2) is 8.67. The van der Waals surface area contributed by atoms with E-state index in [1.54, 1.807) is 25.4 Å². The molecule has 0 amide bonds. The van der Waals surface area contributed by atoms with Crippen LogP contribution in [0.4, 0.5) is 5.69 Å². The van der Waals surface area contributed by atoms with E-state index in [-0.39, 0.29) is 12.6 Å². The van der Waals surface area contributed by atoms with Crippen molar-refractivity contribution in [2.24, 2.45) is 4.99 Å². The Kier molecular flexibility index (Phi) is 6.59. The molecule has 0 saturated heterocycles. The largest absolute Gasteiger partial charge is 0.457 e. The lowest BCUT2D eigenvalue weighted by Gasteiger charge is -2.11. The molecule has 132 valence electrons. The van der Waals surface area contributed by atoms with Gasteiger partial charge in [-0.1, -0.05) is 41.4 Å². The predicted molar refractivity (Wildman–Crippen MR) is 103 cm³/mol. The molecule has 0 aliphatic heterocycles. The first-order valence-corrected chi connectivity index (χ1v) is 8.56. The number of halogens is 1. The van der Waals surface area contributed by atoms with Crippen LogP contribution in [0.2, 0.25) is 5.02 Å². The minimum atomic E-state index is -0.388. The van der Waals surface area contributed by atoms with Gasteiger partial charge in [-0.15, -0.1) is 0 Å². The van der Waals surface area contributed by atoms with Crippen LogP contribution in [0.25, 0.3) is 0 Å². The van der Waals surface area contributed by atoms with Gasteiger partial charge in [-0.05, 0) is 44.0 Å². The van der Waals surface area contributed by atoms with E-state index in [1.165, 1.54) is 5.56 Å². The number of benzene rings is 2. The molecule has 0 atom stereocenters. The predicted octanol–water partition coefficient (Wildman–Crippen LogP) is 4.93. The number of aryl methyl sites for hydroxylation is 1. The Hall–Kier alpha value is -2.33. The summed E-state index contributed by atoms with van der Waals surface area (Å²) >= 11 is 6.36. The fourth-order valence-corrected chi connectivity index (χ4v) is 2.36. The maximum Gasteiger partial charge on any atom is 0.338 e. The van der Waals surface area contributed by atoms with E-state index in [0.29, 0.717) is 21.8 Å². The van der Waals surface area contributed by atoms with Crippen molar-refractivity contribution in [3.8, 4) is 0 Å². The monoisotopic (exact) mass is 358 g/mol. The molecule has 0 unspecified atom stereocenters. The standard InChI is InChI=1S/C20H23ClN2O2/c1-5-23(4)13-22-18-11-10-17(15(3)19(18)21)20(24)25-12-16-8-6-14(2)7-9-16/h6-11,13H,5,12H2,1-4H3/b22-13+. The van der Waals surface area contributed by atoms with Crippen LogP contribution in [0.3, 0.4) is 0 Å². The van der Waals surface area contributed by atoms with Crippen LogP contribution in [0, 0.1) is 13.8 Å². The summed E-state index contributed by atoms with van der Waals surface area (Å²) in [5.74, 6) is -0.388. The summed E-state index contributed by atoms with van der Waals surface area (Å²) in [6.45, 7) is 6.93. The number of nitrogens with zero attached hydrogens (tertiary/aromatic N) is 2. The third-order valence-electron chi connectivity index (χ3n) is 3.97. The number of ether oxygens (including phenoxy) is 1. The lowest BCUT2D eigenvalue weighted by atomic mass is 10.1. The van der Waals surface area contributed by atoms with Gasteiger partial charge >= 0.3 is 5.97 Å². The molecule has 4 nitrogen and oxygen atoms in total. The van der Waals surface area contributed by atoms with Crippen LogP contribution >= 0.6 is 11.6 Å². The van der Waals surface area contributed by atoms with Crippen molar-refractivity contribution in [2.75, 3.05) is 13.6 Å². The Morgan fingerprint density at radius 1 is 1.20 bits per heavy atom. The fraction of sp³-hybridized carbons (Fsp3) is 0.300. The second-order valence-electron chi connectivity index (χ2n) is 5.95. The van der Waals surface area contributed by atoms with E-state index < -0.39 is 0 Å². The van der Waals surface area contributed by atoms with Gasteiger partial charge in [-0.25, -0.2) is 9.79 Å². The number of aliphatic imine (C=N–C) groups is 1. The Morgan fingerprint density at radius 2 is 1.88 bits per heavy atom. The second-order valence-corrected chi connectivity index (χ2v) is 6.33. The lowest BCUT2D eigenvalue weighted by Crippen LogP contribution is -2.14. The molecule has 0 heterocycles. The number of hydrogen-bond donors (Lipinski definition) is 0. The third-order valence-corrected chi connectivity index (χ3v) is 4.45. The highest BCUT2D eigenvalue weighted by atomic mass is 35.5. The average Bonchev–Trinajstić information content (AvgIpc) is 2.62. The van der Waals surface area contributed by atoms with Crippen molar-refractivity contribution < 1.29 is 9.53 Å². The van der Waals surface area contributed by atoms with Gasteiger partial charge in [0.15, 0.2) is 0 Å². The summed E-state index contributed by atoms with van der Waals surface area (Å²) in [7, 11) is 1.93. The highest BCUT2D eigenvalue weighted by Crippen LogP contribution is 2.30. The van der Waals surface area contributed by atoms with Crippen LogP contribution in [-0.4, -0.2) is 30.8 Å². The van der Waals surface area contributed by atoms with E-state index in [4.69, 9.17) is 16.3 Å². The van der Waals surface area contributed by atoms with Gasteiger partial charge in [0.2, 0.25) is 0 Å². The zero-order chi connectivity index (χ0) is 18.4. The van der Waals surface area contributed by atoms with Crippen molar-refractivity contribution >= 4 is 29.6 Å². The summed E-state index contributed by atoms with van der Waals surface area (Å²) in [5.41, 5.74) is 3.88. The molecule has 2 aromatic carbocycles. The summed E-state index contributed by atoms with van der Waals surface area (Å²) < 4.78 is 5.40. The molecule has 0 aliphatic rings. The Morgan fingerprint density at radius 3 is 2.52 bits per heavy atom. The minimum absolute atomic E-state index is 0.234. The van der Waals surface area contributed by atoms with Crippen molar-refractivity contribution in [2.45, 2.75) is 27.4 Å². The summed E-state index contributed by atoms with van der Waals surface area (Å²) in [5, 5.41) is 0.463. The van der Waals surface area contributed by atoms with Crippen LogP contribution in [0.5, 0.6) is 0 Å². The maximum absolute atomic E-state index is 12.4. The normalized spacial score (nSPS) is 10.9. The molecule has 0 aliphatic carbocycles. The first-order valence-electron chi connectivity index (χ1n) is 8.18. The van der Waals surface area contributed by atoms with Crippen LogP contribution in [0.15, 0.2) is 41.4 Å². The molecular formula is C20H23ClN2O2. The number of hydrogen-bond acceptors (Lipinski definition) is 3. The smallest absolute Gasteiger partial charge is 0.338 e. The van der Waals surface area contributed by atoms with Gasteiger partial charge in [-0.2, -0.15) is 0 Å². The van der Waals surface area contributed by atoms with Crippen molar-refractivity contribution in [3.63, 3.8) is 0 Å². The van der Waals surface area contributed by atoms with Gasteiger partial charge in [-0.3, -0.25) is 0 Å². The van der Waals surface area contributed by atoms with E-state index in [9.17, 15) is 4.79 Å². The molecule has 2 rings (SSSR count). The molecule has 0 fully saturated rings. The van der Waals surface area contributed by atoms with Gasteiger partial charge in [0, 0.05) is 13.6 Å². The average molecular weight is 359 g/mol. The zero-order valence-electron chi connectivity index (χ0n) is 15.0. The van der Waals surface area contributed by atoms with Crippen LogP contribution in [0.1, 0.15) is 34.0 Å². The highest BCUT2D eigenvalue weighted by molar-refractivity contribution is 6.34. The van der Waals surface area contributed by atoms with E-state index in [0.717, 1.165) is 12.1 Å². The molecule has 5 heteroatoms. The van der Waals surface area contributed by atoms with Crippen molar-refractivity contribution in [1.82, 2.24) is 4.90 Å². The lowest BCUT2D eigenvalue weighted by molar-refractivity contribution is 0.0472. The topological polar surface area (TPSA) is 41.9 Å². The molecule has 0 bridgehead atoms. The maximum atomic E-state index is 12.4. The SMILES string of the molecule is CCN(C)/C=N/c1ccc(C(=O)OCc2ccc(C)cc2)c(C)c1Cl. The van der Waals surface area contributed by atoms with Crippen molar-refractivity contribution in [1.29, 1.82) is 0 Å². The molecule has 0 saturated carbocycles. The first kappa shape index (κ1) is 19.0. The van der Waals surface area contributed by atoms with E-state index in [1.807, 2.05) is 50.1 Å². The summed E-state index contributed by atoms with van der Waals surface area (Å²) in [6, 6.07) is 11.3. The quantitative estimate of drug-likeness (QED) is 0.418.